The van der Waals surface area contributed by atoms with Crippen LogP contribution in [0.2, 0.25) is 0 Å². The minimum Gasteiger partial charge on any atom is -0.445 e. The maximum Gasteiger partial charge on any atom is 0.410 e. The number of carbonyl (C=O) groups excluding carboxylic acids is 2. The molecule has 6 nitrogen and oxygen atoms in total. The molecule has 3 saturated heterocycles. The Hall–Kier alpha value is -2.08. The Morgan fingerprint density at radius 3 is 2.71 bits per heavy atom. The van der Waals surface area contributed by atoms with Crippen LogP contribution in [0, 0.1) is 45.8 Å². The summed E-state index contributed by atoms with van der Waals surface area (Å²) in [7, 11) is 0. The highest BCUT2D eigenvalue weighted by molar-refractivity contribution is 5.77. The molecule has 8 rings (SSSR count). The predicted octanol–water partition coefficient (Wildman–Crippen LogP) is 6.33. The Kier molecular flexibility index (Phi) is 5.66. The van der Waals surface area contributed by atoms with Gasteiger partial charge in [-0.3, -0.25) is 4.79 Å². The average molecular weight is 561 g/mol. The van der Waals surface area contributed by atoms with Crippen LogP contribution in [0.5, 0.6) is 0 Å². The molecule has 6 heteroatoms. The van der Waals surface area contributed by atoms with Crippen molar-refractivity contribution >= 4 is 12.0 Å². The Morgan fingerprint density at radius 1 is 1.10 bits per heavy atom. The minimum absolute atomic E-state index is 0.0830. The first-order valence-corrected chi connectivity index (χ1v) is 16.6. The third-order valence-electron chi connectivity index (χ3n) is 14.3. The van der Waals surface area contributed by atoms with E-state index in [4.69, 9.17) is 9.47 Å². The van der Waals surface area contributed by atoms with E-state index in [9.17, 15) is 9.59 Å². The second kappa shape index (κ2) is 8.74. The molecule has 7 fully saturated rings. The Labute approximate surface area is 245 Å². The van der Waals surface area contributed by atoms with E-state index < -0.39 is 0 Å². The number of hydrogen-bond donors (Lipinski definition) is 1. The van der Waals surface area contributed by atoms with E-state index in [1.807, 2.05) is 30.3 Å². The van der Waals surface area contributed by atoms with Crippen LogP contribution in [-0.2, 0) is 20.9 Å². The second-order valence-electron chi connectivity index (χ2n) is 15.8. The Balaban J connectivity index is 1.06. The number of amides is 2. The number of piperidine rings is 2. The van der Waals surface area contributed by atoms with Crippen molar-refractivity contribution in [2.45, 2.75) is 116 Å². The smallest absolute Gasteiger partial charge is 0.410 e. The van der Waals surface area contributed by atoms with Gasteiger partial charge in [-0.05, 0) is 91.4 Å². The van der Waals surface area contributed by atoms with Crippen molar-refractivity contribution in [1.29, 1.82) is 0 Å². The van der Waals surface area contributed by atoms with Gasteiger partial charge in [0.15, 0.2) is 0 Å². The van der Waals surface area contributed by atoms with Gasteiger partial charge in [0, 0.05) is 30.3 Å². The number of nitrogens with zero attached hydrogens (tertiary/aromatic N) is 1. The third kappa shape index (κ3) is 3.40. The average Bonchev–Trinajstić information content (AvgIpc) is 3.30. The van der Waals surface area contributed by atoms with E-state index in [0.29, 0.717) is 36.3 Å². The van der Waals surface area contributed by atoms with Gasteiger partial charge in [0.05, 0.1) is 17.7 Å². The van der Waals surface area contributed by atoms with Gasteiger partial charge in [-0.1, -0.05) is 58.0 Å². The topological polar surface area (TPSA) is 67.9 Å². The van der Waals surface area contributed by atoms with Crippen molar-refractivity contribution in [3.8, 4) is 0 Å². The fourth-order valence-corrected chi connectivity index (χ4v) is 12.4. The SMILES string of the molecule is C[C@H]1C[C@H]2O[C@]3(CC[C@H]4[C@@H]5CC[C@@H]6NC(=O)CC[C@]6(C)[C@H]5C[C@@]45C[C@]53C)[C@H](C)[C@@H]2N(C(=O)OCc2ccccc2)C1. The third-order valence-corrected chi connectivity index (χ3v) is 14.3. The lowest BCUT2D eigenvalue weighted by molar-refractivity contribution is -0.148. The fourth-order valence-electron chi connectivity index (χ4n) is 12.4. The number of rotatable bonds is 2. The Bertz CT molecular complexity index is 1250. The molecule has 41 heavy (non-hydrogen) atoms. The van der Waals surface area contributed by atoms with E-state index in [2.05, 4.69) is 37.9 Å². The van der Waals surface area contributed by atoms with E-state index in [1.165, 1.54) is 25.7 Å². The van der Waals surface area contributed by atoms with Gasteiger partial charge >= 0.3 is 6.09 Å². The van der Waals surface area contributed by atoms with E-state index >= 15 is 0 Å². The second-order valence-corrected chi connectivity index (χ2v) is 15.8. The van der Waals surface area contributed by atoms with Gasteiger partial charge < -0.3 is 19.7 Å². The van der Waals surface area contributed by atoms with Crippen molar-refractivity contribution in [1.82, 2.24) is 10.2 Å². The summed E-state index contributed by atoms with van der Waals surface area (Å²) in [4.78, 5) is 28.0. The van der Waals surface area contributed by atoms with E-state index in [-0.39, 0.29) is 46.5 Å². The van der Waals surface area contributed by atoms with Crippen molar-refractivity contribution in [2.24, 2.45) is 45.8 Å². The normalized spacial score (nSPS) is 51.1. The van der Waals surface area contributed by atoms with Crippen LogP contribution in [0.1, 0.15) is 91.0 Å². The van der Waals surface area contributed by atoms with Crippen LogP contribution in [-0.4, -0.2) is 47.2 Å². The van der Waals surface area contributed by atoms with Crippen LogP contribution < -0.4 is 5.32 Å². The highest BCUT2D eigenvalue weighted by atomic mass is 16.6. The molecule has 1 aromatic rings. The first-order valence-electron chi connectivity index (χ1n) is 16.6. The van der Waals surface area contributed by atoms with Gasteiger partial charge in [-0.15, -0.1) is 0 Å². The summed E-state index contributed by atoms with van der Waals surface area (Å²) in [6, 6.07) is 10.4. The molecule has 1 N–H and O–H groups in total. The number of fused-ring (bicyclic) bond motifs is 6. The molecule has 7 aliphatic rings. The van der Waals surface area contributed by atoms with Crippen molar-refractivity contribution in [3.05, 3.63) is 35.9 Å². The van der Waals surface area contributed by atoms with Crippen LogP contribution in [0.15, 0.2) is 30.3 Å². The van der Waals surface area contributed by atoms with Crippen molar-refractivity contribution in [3.63, 3.8) is 0 Å². The van der Waals surface area contributed by atoms with Gasteiger partial charge in [-0.2, -0.15) is 0 Å². The molecular formula is C35H48N2O4. The summed E-state index contributed by atoms with van der Waals surface area (Å²) < 4.78 is 13.3. The zero-order valence-corrected chi connectivity index (χ0v) is 25.4. The minimum atomic E-state index is -0.183. The molecule has 12 atom stereocenters. The zero-order valence-electron chi connectivity index (χ0n) is 25.4. The van der Waals surface area contributed by atoms with E-state index in [0.717, 1.165) is 49.6 Å². The monoisotopic (exact) mass is 560 g/mol. The molecule has 2 amide bonds. The lowest BCUT2D eigenvalue weighted by Gasteiger charge is -2.53. The molecule has 1 aromatic carbocycles. The molecule has 4 aliphatic carbocycles. The first-order chi connectivity index (χ1) is 19.6. The van der Waals surface area contributed by atoms with Crippen LogP contribution in [0.25, 0.3) is 0 Å². The molecule has 0 unspecified atom stereocenters. The summed E-state index contributed by atoms with van der Waals surface area (Å²) in [5, 5.41) is 3.41. The quantitative estimate of drug-likeness (QED) is 0.459. The molecule has 3 heterocycles. The number of benzene rings is 1. The molecule has 4 saturated carbocycles. The lowest BCUT2D eigenvalue weighted by atomic mass is 9.56. The molecule has 0 bridgehead atoms. The molecule has 222 valence electrons. The van der Waals surface area contributed by atoms with Crippen LogP contribution in [0.4, 0.5) is 4.79 Å². The predicted molar refractivity (Wildman–Crippen MR) is 156 cm³/mol. The summed E-state index contributed by atoms with van der Waals surface area (Å²) >= 11 is 0. The number of likely N-dealkylation sites (tertiary alicyclic amines) is 1. The zero-order chi connectivity index (χ0) is 28.4. The number of nitrogens with one attached hydrogen (secondary N) is 1. The first kappa shape index (κ1) is 26.5. The molecular weight excluding hydrogens is 512 g/mol. The van der Waals surface area contributed by atoms with Gasteiger partial charge in [0.2, 0.25) is 5.91 Å². The highest BCUT2D eigenvalue weighted by Gasteiger charge is 2.85. The van der Waals surface area contributed by atoms with Crippen LogP contribution in [0.3, 0.4) is 0 Å². The molecule has 0 radical (unpaired) electrons. The van der Waals surface area contributed by atoms with Crippen LogP contribution >= 0.6 is 0 Å². The molecule has 0 aromatic heterocycles. The van der Waals surface area contributed by atoms with Gasteiger partial charge in [0.25, 0.3) is 0 Å². The number of ether oxygens (including phenoxy) is 2. The highest BCUT2D eigenvalue weighted by Crippen LogP contribution is 2.87. The summed E-state index contributed by atoms with van der Waals surface area (Å²) in [5.41, 5.74) is 1.59. The standard InChI is InChI=1S/C35H48N2O4/c1-21-16-27-30(37(18-21)31(39)40-19-23-8-6-5-7-9-23)22(2)35(41-27)15-12-25-24-10-11-28-32(3,14-13-29(38)36-28)26(24)17-34(25)20-33(34,35)4/h5-9,21-22,24-28,30H,10-20H2,1-4H3,(H,36,38)/t21-,22+,24-,25-,26-,27+,28-,30-,32+,33+,34+,35+/m0/s1. The summed E-state index contributed by atoms with van der Waals surface area (Å²) in [5.74, 6) is 3.21. The van der Waals surface area contributed by atoms with Gasteiger partial charge in [-0.25, -0.2) is 4.79 Å². The summed E-state index contributed by atoms with van der Waals surface area (Å²) in [6.45, 7) is 10.8. The van der Waals surface area contributed by atoms with Crippen molar-refractivity contribution < 1.29 is 19.1 Å². The maximum atomic E-state index is 13.6. The number of carbonyl (C=O) groups is 2. The number of hydrogen-bond acceptors (Lipinski definition) is 4. The molecule has 3 aliphatic heterocycles. The fraction of sp³-hybridized carbons (Fsp3) is 0.771. The lowest BCUT2D eigenvalue weighted by Crippen LogP contribution is -2.57. The Morgan fingerprint density at radius 2 is 1.90 bits per heavy atom. The largest absolute Gasteiger partial charge is 0.445 e. The van der Waals surface area contributed by atoms with Crippen molar-refractivity contribution in [2.75, 3.05) is 6.54 Å². The van der Waals surface area contributed by atoms with Gasteiger partial charge in [0.1, 0.15) is 6.61 Å². The maximum absolute atomic E-state index is 13.6. The summed E-state index contributed by atoms with van der Waals surface area (Å²) in [6.07, 6.45) is 10.0. The van der Waals surface area contributed by atoms with E-state index in [1.54, 1.807) is 0 Å². The molecule has 2 spiro atoms.